The smallest absolute Gasteiger partial charge is 0.418 e. The number of hydrogen-bond acceptors (Lipinski definition) is 6. The molecular formula is C20H18F6NO5S2-. The second kappa shape index (κ2) is 9.21. The molecule has 1 aromatic heterocycles. The van der Waals surface area contributed by atoms with Crippen LogP contribution < -0.4 is 0 Å². The van der Waals surface area contributed by atoms with E-state index in [1.165, 1.54) is 6.92 Å². The normalized spacial score (nSPS) is 23.0. The van der Waals surface area contributed by atoms with E-state index in [1.807, 2.05) is 0 Å². The Morgan fingerprint density at radius 2 is 1.85 bits per heavy atom. The first kappa shape index (κ1) is 26.6. The maximum absolute atomic E-state index is 13.7. The predicted octanol–water partition coefficient (Wildman–Crippen LogP) is 4.58. The van der Waals surface area contributed by atoms with E-state index < -0.39 is 78.0 Å². The van der Waals surface area contributed by atoms with Gasteiger partial charge in [-0.3, -0.25) is 9.19 Å². The molecule has 1 aliphatic heterocycles. The standard InChI is InChI=1S/C20H19F6NO5S2/c1-18(34(30,31)14-4-2-3-13(8-14)19(21,22)23)5-6-32-16(9-18)17-15(20(24,25)26)7-12(10-27-17)11-33(28)29/h2-4,7-8,10,16H,5-6,9,11H2,1H3,(H,28,29)/p-1. The lowest BCUT2D eigenvalue weighted by Gasteiger charge is -2.38. The Kier molecular flexibility index (Phi) is 7.19. The summed E-state index contributed by atoms with van der Waals surface area (Å²) in [5.74, 6) is -0.705. The number of alkyl halides is 6. The first-order valence-corrected chi connectivity index (χ1v) is 12.4. The quantitative estimate of drug-likeness (QED) is 0.415. The topological polar surface area (TPSA) is 96.4 Å². The zero-order chi connectivity index (χ0) is 25.5. The van der Waals surface area contributed by atoms with Crippen molar-refractivity contribution in [3.05, 3.63) is 58.9 Å². The molecule has 1 aliphatic rings. The number of benzene rings is 1. The Hall–Kier alpha value is -2.03. The third-order valence-electron chi connectivity index (χ3n) is 5.56. The third kappa shape index (κ3) is 5.44. The van der Waals surface area contributed by atoms with Gasteiger partial charge in [-0.25, -0.2) is 8.42 Å². The van der Waals surface area contributed by atoms with E-state index in [2.05, 4.69) is 4.98 Å². The number of halogens is 6. The van der Waals surface area contributed by atoms with Crippen LogP contribution in [-0.2, 0) is 43.8 Å². The fourth-order valence-electron chi connectivity index (χ4n) is 3.73. The van der Waals surface area contributed by atoms with Crippen LogP contribution in [0.1, 0.15) is 48.3 Å². The van der Waals surface area contributed by atoms with Crippen LogP contribution in [0.15, 0.2) is 41.4 Å². The molecule has 1 aromatic carbocycles. The zero-order valence-corrected chi connectivity index (χ0v) is 19.1. The Morgan fingerprint density at radius 1 is 1.18 bits per heavy atom. The van der Waals surface area contributed by atoms with Gasteiger partial charge < -0.3 is 9.29 Å². The van der Waals surface area contributed by atoms with Gasteiger partial charge in [-0.05, 0) is 49.6 Å². The molecule has 0 amide bonds. The Morgan fingerprint density at radius 3 is 2.44 bits per heavy atom. The van der Waals surface area contributed by atoms with Crippen molar-refractivity contribution >= 4 is 20.9 Å². The summed E-state index contributed by atoms with van der Waals surface area (Å²) < 4.78 is 132. The molecule has 1 fully saturated rings. The van der Waals surface area contributed by atoms with Crippen LogP contribution in [0.5, 0.6) is 0 Å². The van der Waals surface area contributed by atoms with Crippen molar-refractivity contribution in [3.8, 4) is 0 Å². The van der Waals surface area contributed by atoms with Crippen molar-refractivity contribution in [1.82, 2.24) is 4.98 Å². The summed E-state index contributed by atoms with van der Waals surface area (Å²) in [6, 6.07) is 3.75. The lowest BCUT2D eigenvalue weighted by molar-refractivity contribution is -0.140. The highest BCUT2D eigenvalue weighted by Gasteiger charge is 2.48. The van der Waals surface area contributed by atoms with Crippen molar-refractivity contribution in [3.63, 3.8) is 0 Å². The first-order valence-electron chi connectivity index (χ1n) is 9.70. The van der Waals surface area contributed by atoms with E-state index in [-0.39, 0.29) is 18.6 Å². The summed E-state index contributed by atoms with van der Waals surface area (Å²) in [7, 11) is -4.43. The highest BCUT2D eigenvalue weighted by atomic mass is 32.2. The largest absolute Gasteiger partial charge is 0.772 e. The molecule has 34 heavy (non-hydrogen) atoms. The molecule has 0 bridgehead atoms. The monoisotopic (exact) mass is 530 g/mol. The minimum Gasteiger partial charge on any atom is -0.772 e. The van der Waals surface area contributed by atoms with Crippen LogP contribution in [0, 0.1) is 0 Å². The molecule has 0 aliphatic carbocycles. The molecule has 6 nitrogen and oxygen atoms in total. The lowest BCUT2D eigenvalue weighted by Crippen LogP contribution is -2.42. The minimum atomic E-state index is -4.94. The van der Waals surface area contributed by atoms with Gasteiger partial charge in [-0.15, -0.1) is 0 Å². The van der Waals surface area contributed by atoms with E-state index in [1.54, 1.807) is 0 Å². The van der Waals surface area contributed by atoms with Crippen LogP contribution >= 0.6 is 0 Å². The summed E-state index contributed by atoms with van der Waals surface area (Å²) >= 11 is -2.66. The average Bonchev–Trinajstić information content (AvgIpc) is 2.72. The third-order valence-corrected chi connectivity index (χ3v) is 8.67. The van der Waals surface area contributed by atoms with Gasteiger partial charge in [-0.1, -0.05) is 17.1 Å². The number of hydrogen-bond donors (Lipinski definition) is 0. The molecule has 0 N–H and O–H groups in total. The molecule has 3 atom stereocenters. The van der Waals surface area contributed by atoms with Crippen molar-refractivity contribution in [2.45, 2.75) is 53.6 Å². The van der Waals surface area contributed by atoms with Gasteiger partial charge in [-0.2, -0.15) is 26.3 Å². The van der Waals surface area contributed by atoms with Crippen molar-refractivity contribution < 1.29 is 48.3 Å². The fraction of sp³-hybridized carbons (Fsp3) is 0.450. The fourth-order valence-corrected chi connectivity index (χ4v) is 5.99. The molecule has 14 heteroatoms. The van der Waals surface area contributed by atoms with E-state index in [0.717, 1.165) is 18.3 Å². The second-order valence-electron chi connectivity index (χ2n) is 8.01. The number of ether oxygens (including phenoxy) is 1. The van der Waals surface area contributed by atoms with Gasteiger partial charge in [0.2, 0.25) is 0 Å². The average molecular weight is 530 g/mol. The number of rotatable bonds is 5. The van der Waals surface area contributed by atoms with Crippen LogP contribution in [0.3, 0.4) is 0 Å². The van der Waals surface area contributed by atoms with Gasteiger partial charge in [0.25, 0.3) is 0 Å². The highest BCUT2D eigenvalue weighted by Crippen LogP contribution is 2.45. The molecule has 3 rings (SSSR count). The van der Waals surface area contributed by atoms with E-state index in [4.69, 9.17) is 4.74 Å². The van der Waals surface area contributed by atoms with E-state index in [0.29, 0.717) is 18.2 Å². The summed E-state index contributed by atoms with van der Waals surface area (Å²) in [5, 5.41) is 0. The molecular weight excluding hydrogens is 512 g/mol. The Labute approximate surface area is 193 Å². The van der Waals surface area contributed by atoms with Crippen molar-refractivity contribution in [2.24, 2.45) is 0 Å². The summed E-state index contributed by atoms with van der Waals surface area (Å²) in [4.78, 5) is 3.12. The molecule has 188 valence electrons. The van der Waals surface area contributed by atoms with Crippen molar-refractivity contribution in [1.29, 1.82) is 0 Å². The molecule has 2 aromatic rings. The zero-order valence-electron chi connectivity index (χ0n) is 17.4. The van der Waals surface area contributed by atoms with Crippen LogP contribution in [0.2, 0.25) is 0 Å². The van der Waals surface area contributed by atoms with Crippen LogP contribution in [-0.4, -0.2) is 33.5 Å². The van der Waals surface area contributed by atoms with E-state index in [9.17, 15) is 43.5 Å². The highest BCUT2D eigenvalue weighted by molar-refractivity contribution is 7.92. The van der Waals surface area contributed by atoms with Gasteiger partial charge in [0.15, 0.2) is 9.84 Å². The molecule has 3 unspecified atom stereocenters. The lowest BCUT2D eigenvalue weighted by atomic mass is 9.92. The molecule has 1 saturated heterocycles. The van der Waals surface area contributed by atoms with Crippen LogP contribution in [0.25, 0.3) is 0 Å². The van der Waals surface area contributed by atoms with Gasteiger partial charge in [0.05, 0.1) is 26.5 Å². The van der Waals surface area contributed by atoms with E-state index >= 15 is 0 Å². The number of pyridine rings is 1. The molecule has 0 saturated carbocycles. The number of sulfone groups is 1. The maximum atomic E-state index is 13.7. The Bertz CT molecular complexity index is 1200. The summed E-state index contributed by atoms with van der Waals surface area (Å²) in [6.07, 6.45) is -10.9. The Balaban J connectivity index is 2.01. The van der Waals surface area contributed by atoms with Gasteiger partial charge in [0.1, 0.15) is 6.10 Å². The number of aromatic nitrogens is 1. The van der Waals surface area contributed by atoms with Crippen molar-refractivity contribution in [2.75, 3.05) is 6.61 Å². The molecule has 2 heterocycles. The van der Waals surface area contributed by atoms with Crippen LogP contribution in [0.4, 0.5) is 26.3 Å². The molecule has 0 radical (unpaired) electrons. The van der Waals surface area contributed by atoms with Gasteiger partial charge >= 0.3 is 12.4 Å². The second-order valence-corrected chi connectivity index (χ2v) is 11.4. The van der Waals surface area contributed by atoms with Gasteiger partial charge in [0, 0.05) is 18.6 Å². The summed E-state index contributed by atoms with van der Waals surface area (Å²) in [5.41, 5.74) is -3.30. The first-order chi connectivity index (χ1) is 15.5. The SMILES string of the molecule is CC1(S(=O)(=O)c2cccc(C(F)(F)F)c2)CCOC(c2ncc(CS(=O)[O-])cc2C(F)(F)F)C1. The molecule has 0 spiro atoms. The maximum Gasteiger partial charge on any atom is 0.418 e. The minimum absolute atomic E-state index is 0.170. The predicted molar refractivity (Wildman–Crippen MR) is 107 cm³/mol. The summed E-state index contributed by atoms with van der Waals surface area (Å²) in [6.45, 7) is 0.949. The number of nitrogens with zero attached hydrogens (tertiary/aromatic N) is 1.